The Morgan fingerprint density at radius 3 is 2.04 bits per heavy atom. The smallest absolute Gasteiger partial charge is 0.0912 e. The van der Waals surface area contributed by atoms with Gasteiger partial charge in [0.25, 0.3) is 0 Å². The molecular weight excluding hydrogens is 364 g/mol. The first kappa shape index (κ1) is 19.5. The minimum absolute atomic E-state index is 0.137. The van der Waals surface area contributed by atoms with E-state index in [4.69, 9.17) is 0 Å². The molecule has 3 nitrogen and oxygen atoms in total. The Morgan fingerprint density at radius 2 is 1.46 bits per heavy atom. The van der Waals surface area contributed by atoms with E-state index < -0.39 is 27.2 Å². The van der Waals surface area contributed by atoms with Gasteiger partial charge in [-0.15, -0.1) is 0 Å². The van der Waals surface area contributed by atoms with E-state index in [1.54, 1.807) is 0 Å². The summed E-state index contributed by atoms with van der Waals surface area (Å²) in [6, 6.07) is 15.2. The third kappa shape index (κ3) is 4.33. The average Bonchev–Trinajstić information content (AvgIpc) is 2.62. The van der Waals surface area contributed by atoms with Gasteiger partial charge >= 0.3 is 0 Å². The van der Waals surface area contributed by atoms with Crippen LogP contribution in [0.3, 0.4) is 0 Å². The number of hydrogen-bond acceptors (Lipinski definition) is 3. The van der Waals surface area contributed by atoms with Gasteiger partial charge < -0.3 is 5.11 Å². The second kappa shape index (κ2) is 8.15. The summed E-state index contributed by atoms with van der Waals surface area (Å²) in [5, 5.41) is 10.9. The first-order valence-electron chi connectivity index (χ1n) is 9.04. The second-order valence-corrected chi connectivity index (χ2v) is 10.3. The molecule has 2 aromatic rings. The van der Waals surface area contributed by atoms with Crippen LogP contribution in [0.4, 0.5) is 0 Å². The zero-order valence-electron chi connectivity index (χ0n) is 15.3. The highest BCUT2D eigenvalue weighted by molar-refractivity contribution is 7.86. The van der Waals surface area contributed by atoms with Crippen molar-refractivity contribution < 1.29 is 13.5 Å². The molecule has 0 aliphatic heterocycles. The minimum atomic E-state index is -1.31. The molecule has 0 heterocycles. The standard InChI is InChI=1S/C21H26O3S2/c1-16-6-10-18(11-7-16)25(23)15-21(22)14-4-3-5-20(21)26(24)19-12-8-17(2)9-13-19/h6-13,20,22H,3-5,14-15H2,1-2H3/t20-,21-,25+,26-/m0/s1. The highest BCUT2D eigenvalue weighted by Gasteiger charge is 2.44. The van der Waals surface area contributed by atoms with E-state index in [9.17, 15) is 13.5 Å². The summed E-state index contributed by atoms with van der Waals surface area (Å²) in [6.45, 7) is 3.98. The van der Waals surface area contributed by atoms with E-state index in [0.29, 0.717) is 12.8 Å². The lowest BCUT2D eigenvalue weighted by Crippen LogP contribution is -2.51. The summed E-state index contributed by atoms with van der Waals surface area (Å²) in [5.74, 6) is 0.137. The highest BCUT2D eigenvalue weighted by Crippen LogP contribution is 2.36. The fraction of sp³-hybridized carbons (Fsp3) is 0.429. The lowest BCUT2D eigenvalue weighted by atomic mass is 9.86. The Hall–Kier alpha value is -1.30. The average molecular weight is 391 g/mol. The highest BCUT2D eigenvalue weighted by atomic mass is 32.2. The molecule has 0 aromatic heterocycles. The van der Waals surface area contributed by atoms with Crippen molar-refractivity contribution in [3.63, 3.8) is 0 Å². The van der Waals surface area contributed by atoms with Gasteiger partial charge in [0.2, 0.25) is 0 Å². The van der Waals surface area contributed by atoms with Crippen molar-refractivity contribution in [3.8, 4) is 0 Å². The van der Waals surface area contributed by atoms with Crippen LogP contribution in [0.1, 0.15) is 36.8 Å². The van der Waals surface area contributed by atoms with Crippen LogP contribution in [0.5, 0.6) is 0 Å². The SMILES string of the molecule is Cc1ccc([S@](=O)C[C@@]2(O)CCCC[C@@H]2[S@@](=O)c2ccc(C)cc2)cc1. The van der Waals surface area contributed by atoms with Gasteiger partial charge in [-0.3, -0.25) is 8.42 Å². The Balaban J connectivity index is 1.82. The van der Waals surface area contributed by atoms with Crippen molar-refractivity contribution >= 4 is 21.6 Å². The normalized spacial score (nSPS) is 25.6. The van der Waals surface area contributed by atoms with E-state index in [-0.39, 0.29) is 11.0 Å². The molecule has 3 rings (SSSR count). The fourth-order valence-corrected chi connectivity index (χ4v) is 6.72. The molecule has 1 N–H and O–H groups in total. The summed E-state index contributed by atoms with van der Waals surface area (Å²) in [5.41, 5.74) is 1.06. The maximum Gasteiger partial charge on any atom is 0.0912 e. The van der Waals surface area contributed by atoms with Crippen molar-refractivity contribution in [1.29, 1.82) is 0 Å². The minimum Gasteiger partial charge on any atom is -0.388 e. The monoisotopic (exact) mass is 390 g/mol. The van der Waals surface area contributed by atoms with Gasteiger partial charge in [-0.2, -0.15) is 0 Å². The van der Waals surface area contributed by atoms with Gasteiger partial charge in [-0.1, -0.05) is 48.2 Å². The van der Waals surface area contributed by atoms with Crippen LogP contribution in [0.15, 0.2) is 58.3 Å². The molecule has 0 amide bonds. The summed E-state index contributed by atoms with van der Waals surface area (Å²) in [4.78, 5) is 1.46. The zero-order chi connectivity index (χ0) is 18.7. The topological polar surface area (TPSA) is 54.4 Å². The second-order valence-electron chi connectivity index (χ2n) is 7.25. The Kier molecular flexibility index (Phi) is 6.10. The molecule has 1 aliphatic rings. The summed E-state index contributed by atoms with van der Waals surface area (Å²) in [6.07, 6.45) is 3.07. The van der Waals surface area contributed by atoms with Crippen molar-refractivity contribution in [2.24, 2.45) is 0 Å². The molecule has 0 radical (unpaired) electrons. The van der Waals surface area contributed by atoms with Gasteiger partial charge in [0.05, 0.1) is 38.2 Å². The van der Waals surface area contributed by atoms with Crippen LogP contribution < -0.4 is 0 Å². The van der Waals surface area contributed by atoms with Crippen LogP contribution in [0.2, 0.25) is 0 Å². The largest absolute Gasteiger partial charge is 0.388 e. The number of aliphatic hydroxyl groups is 1. The van der Waals surface area contributed by atoms with Crippen LogP contribution in [-0.4, -0.2) is 30.1 Å². The molecule has 1 fully saturated rings. The molecule has 0 bridgehead atoms. The lowest BCUT2D eigenvalue weighted by Gasteiger charge is -2.39. The van der Waals surface area contributed by atoms with Gasteiger partial charge in [-0.05, 0) is 51.0 Å². The predicted molar refractivity (Wildman–Crippen MR) is 107 cm³/mol. The summed E-state index contributed by atoms with van der Waals surface area (Å²) in [7, 11) is -2.62. The van der Waals surface area contributed by atoms with Crippen LogP contribution in [0, 0.1) is 13.8 Å². The molecule has 26 heavy (non-hydrogen) atoms. The Morgan fingerprint density at radius 1 is 0.923 bits per heavy atom. The molecule has 0 unspecified atom stereocenters. The van der Waals surface area contributed by atoms with E-state index in [1.807, 2.05) is 62.4 Å². The van der Waals surface area contributed by atoms with Crippen LogP contribution in [0.25, 0.3) is 0 Å². The van der Waals surface area contributed by atoms with Gasteiger partial charge in [-0.25, -0.2) is 0 Å². The first-order chi connectivity index (χ1) is 12.4. The molecule has 140 valence electrons. The van der Waals surface area contributed by atoms with E-state index in [0.717, 1.165) is 33.8 Å². The van der Waals surface area contributed by atoms with Gasteiger partial charge in [0.1, 0.15) is 0 Å². The third-order valence-electron chi connectivity index (χ3n) is 5.10. The van der Waals surface area contributed by atoms with Gasteiger partial charge in [0, 0.05) is 9.79 Å². The summed E-state index contributed by atoms with van der Waals surface area (Å²) < 4.78 is 26.0. The Labute approximate surface area is 160 Å². The van der Waals surface area contributed by atoms with E-state index in [2.05, 4.69) is 0 Å². The molecule has 2 aromatic carbocycles. The van der Waals surface area contributed by atoms with E-state index in [1.165, 1.54) is 0 Å². The molecule has 1 saturated carbocycles. The molecule has 5 heteroatoms. The van der Waals surface area contributed by atoms with E-state index >= 15 is 0 Å². The van der Waals surface area contributed by atoms with Crippen molar-refractivity contribution in [2.75, 3.05) is 5.75 Å². The number of aryl methyl sites for hydroxylation is 2. The van der Waals surface area contributed by atoms with Crippen molar-refractivity contribution in [3.05, 3.63) is 59.7 Å². The molecule has 4 atom stereocenters. The predicted octanol–water partition coefficient (Wildman–Crippen LogP) is 3.89. The lowest BCUT2D eigenvalue weighted by molar-refractivity contribution is 0.0317. The first-order valence-corrected chi connectivity index (χ1v) is 11.6. The number of rotatable bonds is 5. The third-order valence-corrected chi connectivity index (χ3v) is 8.59. The number of benzene rings is 2. The van der Waals surface area contributed by atoms with Crippen molar-refractivity contribution in [1.82, 2.24) is 0 Å². The van der Waals surface area contributed by atoms with Crippen LogP contribution in [-0.2, 0) is 21.6 Å². The number of hydrogen-bond donors (Lipinski definition) is 1. The maximum atomic E-state index is 13.1. The fourth-order valence-electron chi connectivity index (χ4n) is 3.50. The molecule has 0 saturated heterocycles. The molecule has 0 spiro atoms. The van der Waals surface area contributed by atoms with Crippen molar-refractivity contribution in [2.45, 2.75) is 60.2 Å². The summed E-state index contributed by atoms with van der Waals surface area (Å²) >= 11 is 0. The zero-order valence-corrected chi connectivity index (χ0v) is 16.9. The maximum absolute atomic E-state index is 13.1. The molecular formula is C21H26O3S2. The molecule has 1 aliphatic carbocycles. The van der Waals surface area contributed by atoms with Crippen LogP contribution >= 0.6 is 0 Å². The Bertz CT molecular complexity index is 799. The quantitative estimate of drug-likeness (QED) is 0.843. The van der Waals surface area contributed by atoms with Gasteiger partial charge in [0.15, 0.2) is 0 Å².